The van der Waals surface area contributed by atoms with E-state index in [0.29, 0.717) is 6.61 Å². The number of nitrogens with zero attached hydrogens (tertiary/aromatic N) is 2. The lowest BCUT2D eigenvalue weighted by molar-refractivity contribution is 0.189. The van der Waals surface area contributed by atoms with Crippen LogP contribution in [0.5, 0.6) is 0 Å². The fraction of sp³-hybridized carbons (Fsp3) is 0.933. The summed E-state index contributed by atoms with van der Waals surface area (Å²) in [5.74, 6) is 1.79. The molecule has 0 aromatic rings. The summed E-state index contributed by atoms with van der Waals surface area (Å²) in [5, 5.41) is 6.56. The number of hydrogen-bond donors (Lipinski definition) is 2. The predicted molar refractivity (Wildman–Crippen MR) is 101 cm³/mol. The van der Waals surface area contributed by atoms with Crippen LogP contribution in [-0.2, 0) is 4.74 Å². The van der Waals surface area contributed by atoms with E-state index in [0.717, 1.165) is 25.0 Å². The highest BCUT2D eigenvalue weighted by Gasteiger charge is 2.14. The number of ether oxygens (including phenoxy) is 1. The number of methoxy groups -OCH3 is 1. The van der Waals surface area contributed by atoms with Crippen molar-refractivity contribution in [2.75, 3.05) is 53.5 Å². The number of likely N-dealkylation sites (tertiary alicyclic amines) is 1. The molecule has 0 aliphatic carbocycles. The van der Waals surface area contributed by atoms with E-state index in [2.05, 4.69) is 27.4 Å². The van der Waals surface area contributed by atoms with E-state index in [1.165, 1.54) is 45.3 Å². The van der Waals surface area contributed by atoms with Crippen molar-refractivity contribution in [3.8, 4) is 0 Å². The van der Waals surface area contributed by atoms with Gasteiger partial charge in [-0.05, 0) is 51.2 Å². The molecule has 0 bridgehead atoms. The second-order valence-corrected chi connectivity index (χ2v) is 5.65. The second kappa shape index (κ2) is 13.6. The monoisotopic (exact) mass is 412 g/mol. The van der Waals surface area contributed by atoms with E-state index >= 15 is 0 Å². The van der Waals surface area contributed by atoms with Crippen LogP contribution in [0.3, 0.4) is 0 Å². The Morgan fingerprint density at radius 1 is 1.19 bits per heavy atom. The van der Waals surface area contributed by atoms with Crippen LogP contribution in [0.1, 0.15) is 32.6 Å². The van der Waals surface area contributed by atoms with Crippen molar-refractivity contribution in [3.05, 3.63) is 0 Å². The van der Waals surface area contributed by atoms with Crippen molar-refractivity contribution >= 4 is 29.9 Å². The quantitative estimate of drug-likeness (QED) is 0.277. The molecule has 0 amide bonds. The molecule has 5 nitrogen and oxygen atoms in total. The zero-order chi connectivity index (χ0) is 14.6. The van der Waals surface area contributed by atoms with Crippen molar-refractivity contribution in [1.29, 1.82) is 0 Å². The number of unbranched alkanes of at least 4 members (excludes halogenated alkanes) is 1. The lowest BCUT2D eigenvalue weighted by Crippen LogP contribution is -2.39. The van der Waals surface area contributed by atoms with Gasteiger partial charge in [-0.2, -0.15) is 0 Å². The van der Waals surface area contributed by atoms with Gasteiger partial charge in [0, 0.05) is 27.2 Å². The normalized spacial score (nSPS) is 17.4. The van der Waals surface area contributed by atoms with Gasteiger partial charge < -0.3 is 20.3 Å². The molecular formula is C15H33IN4O. The fourth-order valence-electron chi connectivity index (χ4n) is 2.44. The van der Waals surface area contributed by atoms with Crippen molar-refractivity contribution in [1.82, 2.24) is 15.5 Å². The summed E-state index contributed by atoms with van der Waals surface area (Å²) in [4.78, 5) is 6.79. The topological polar surface area (TPSA) is 48.9 Å². The Kier molecular flexibility index (Phi) is 13.5. The van der Waals surface area contributed by atoms with Crippen LogP contribution >= 0.6 is 24.0 Å². The number of aliphatic imine (C=N–C) groups is 1. The van der Waals surface area contributed by atoms with Crippen molar-refractivity contribution in [3.63, 3.8) is 0 Å². The second-order valence-electron chi connectivity index (χ2n) is 5.65. The molecule has 0 radical (unpaired) electrons. The van der Waals surface area contributed by atoms with Gasteiger partial charge in [-0.3, -0.25) is 4.99 Å². The van der Waals surface area contributed by atoms with Crippen LogP contribution in [0.15, 0.2) is 4.99 Å². The van der Waals surface area contributed by atoms with Gasteiger partial charge in [0.1, 0.15) is 0 Å². The van der Waals surface area contributed by atoms with Crippen molar-refractivity contribution in [2.24, 2.45) is 10.9 Å². The standard InChI is InChI=1S/C15H32N4O.HI/c1-14-6-11-19(12-7-14)10-5-4-8-17-15(16-2)18-9-13-20-3;/h14H,4-13H2,1-3H3,(H2,16,17,18);1H. The summed E-state index contributed by atoms with van der Waals surface area (Å²) in [6.45, 7) is 8.66. The summed E-state index contributed by atoms with van der Waals surface area (Å²) in [6.07, 6.45) is 5.19. The van der Waals surface area contributed by atoms with Crippen LogP contribution < -0.4 is 10.6 Å². The molecule has 2 N–H and O–H groups in total. The first-order chi connectivity index (χ1) is 9.76. The maximum Gasteiger partial charge on any atom is 0.191 e. The summed E-state index contributed by atoms with van der Waals surface area (Å²) in [5.41, 5.74) is 0. The number of nitrogens with one attached hydrogen (secondary N) is 2. The molecule has 0 unspecified atom stereocenters. The predicted octanol–water partition coefficient (Wildman–Crippen LogP) is 1.93. The van der Waals surface area contributed by atoms with E-state index in [1.54, 1.807) is 14.2 Å². The number of guanidine groups is 1. The van der Waals surface area contributed by atoms with Crippen LogP contribution in [0.25, 0.3) is 0 Å². The van der Waals surface area contributed by atoms with Gasteiger partial charge in [0.25, 0.3) is 0 Å². The molecule has 0 aromatic carbocycles. The number of rotatable bonds is 8. The van der Waals surface area contributed by atoms with Gasteiger partial charge in [-0.25, -0.2) is 0 Å². The zero-order valence-corrected chi connectivity index (χ0v) is 16.2. The number of piperidine rings is 1. The summed E-state index contributed by atoms with van der Waals surface area (Å²) >= 11 is 0. The van der Waals surface area contributed by atoms with Gasteiger partial charge in [0.15, 0.2) is 5.96 Å². The summed E-state index contributed by atoms with van der Waals surface area (Å²) in [7, 11) is 3.51. The van der Waals surface area contributed by atoms with Crippen molar-refractivity contribution in [2.45, 2.75) is 32.6 Å². The molecule has 1 rings (SSSR count). The van der Waals surface area contributed by atoms with Crippen LogP contribution in [-0.4, -0.2) is 64.3 Å². The van der Waals surface area contributed by atoms with Gasteiger partial charge in [-0.1, -0.05) is 6.92 Å². The molecule has 0 atom stereocenters. The Balaban J connectivity index is 0.00000400. The SMILES string of the molecule is CN=C(NCCCCN1CCC(C)CC1)NCCOC.I. The first kappa shape index (κ1) is 20.9. The van der Waals surface area contributed by atoms with Crippen LogP contribution in [0, 0.1) is 5.92 Å². The Labute approximate surface area is 147 Å². The molecule has 1 fully saturated rings. The Hall–Kier alpha value is -0.0800. The Morgan fingerprint density at radius 2 is 1.86 bits per heavy atom. The number of halogens is 1. The number of hydrogen-bond acceptors (Lipinski definition) is 3. The van der Waals surface area contributed by atoms with E-state index in [1.807, 2.05) is 0 Å². The van der Waals surface area contributed by atoms with Crippen LogP contribution in [0.4, 0.5) is 0 Å². The molecule has 21 heavy (non-hydrogen) atoms. The third-order valence-electron chi connectivity index (χ3n) is 3.89. The first-order valence-corrected chi connectivity index (χ1v) is 7.92. The largest absolute Gasteiger partial charge is 0.383 e. The fourth-order valence-corrected chi connectivity index (χ4v) is 2.44. The molecule has 1 saturated heterocycles. The maximum atomic E-state index is 5.00. The van der Waals surface area contributed by atoms with E-state index in [-0.39, 0.29) is 24.0 Å². The Morgan fingerprint density at radius 3 is 2.48 bits per heavy atom. The lowest BCUT2D eigenvalue weighted by atomic mass is 9.99. The van der Waals surface area contributed by atoms with Crippen LogP contribution in [0.2, 0.25) is 0 Å². The smallest absolute Gasteiger partial charge is 0.191 e. The van der Waals surface area contributed by atoms with Crippen molar-refractivity contribution < 1.29 is 4.74 Å². The molecule has 1 aliphatic heterocycles. The molecule has 1 heterocycles. The molecular weight excluding hydrogens is 379 g/mol. The lowest BCUT2D eigenvalue weighted by Gasteiger charge is -2.30. The Bertz CT molecular complexity index is 268. The third-order valence-corrected chi connectivity index (χ3v) is 3.89. The van der Waals surface area contributed by atoms with Gasteiger partial charge in [0.05, 0.1) is 6.61 Å². The van der Waals surface area contributed by atoms with E-state index < -0.39 is 0 Å². The summed E-state index contributed by atoms with van der Waals surface area (Å²) in [6, 6.07) is 0. The molecule has 0 saturated carbocycles. The average Bonchev–Trinajstić information content (AvgIpc) is 2.47. The van der Waals surface area contributed by atoms with E-state index in [4.69, 9.17) is 4.74 Å². The third kappa shape index (κ3) is 10.3. The molecule has 126 valence electrons. The van der Waals surface area contributed by atoms with Gasteiger partial charge in [0.2, 0.25) is 0 Å². The van der Waals surface area contributed by atoms with Gasteiger partial charge in [-0.15, -0.1) is 24.0 Å². The van der Waals surface area contributed by atoms with Gasteiger partial charge >= 0.3 is 0 Å². The first-order valence-electron chi connectivity index (χ1n) is 7.92. The molecule has 0 aromatic heterocycles. The molecule has 0 spiro atoms. The highest BCUT2D eigenvalue weighted by atomic mass is 127. The minimum atomic E-state index is 0. The highest BCUT2D eigenvalue weighted by molar-refractivity contribution is 14.0. The minimum absolute atomic E-state index is 0. The zero-order valence-electron chi connectivity index (χ0n) is 13.9. The molecule has 1 aliphatic rings. The molecule has 6 heteroatoms. The highest BCUT2D eigenvalue weighted by Crippen LogP contribution is 2.15. The maximum absolute atomic E-state index is 5.00. The summed E-state index contributed by atoms with van der Waals surface area (Å²) < 4.78 is 5.00. The minimum Gasteiger partial charge on any atom is -0.383 e. The average molecular weight is 412 g/mol. The van der Waals surface area contributed by atoms with E-state index in [9.17, 15) is 0 Å².